The Hall–Kier alpha value is -1.52. The molecule has 0 fully saturated rings. The van der Waals surface area contributed by atoms with Gasteiger partial charge in [0.2, 0.25) is 5.91 Å². The van der Waals surface area contributed by atoms with Crippen molar-refractivity contribution in [3.8, 4) is 0 Å². The van der Waals surface area contributed by atoms with Crippen molar-refractivity contribution in [1.82, 2.24) is 5.32 Å². The fourth-order valence-electron chi connectivity index (χ4n) is 1.59. The molecule has 5 nitrogen and oxygen atoms in total. The van der Waals surface area contributed by atoms with E-state index in [0.29, 0.717) is 0 Å². The third kappa shape index (κ3) is 4.39. The van der Waals surface area contributed by atoms with Crippen LogP contribution in [-0.2, 0) is 9.53 Å². The SMILES string of the molecule is C=CC[C@](NC(=O)OC(C)(C)C)(C(N)=O)C(C)C. The van der Waals surface area contributed by atoms with Gasteiger partial charge in [-0.05, 0) is 33.1 Å². The minimum atomic E-state index is -1.16. The summed E-state index contributed by atoms with van der Waals surface area (Å²) in [6, 6.07) is 0. The molecule has 1 atom stereocenters. The third-order valence-electron chi connectivity index (χ3n) is 2.62. The second-order valence-electron chi connectivity index (χ2n) is 5.61. The van der Waals surface area contributed by atoms with Gasteiger partial charge in [-0.3, -0.25) is 4.79 Å². The number of nitrogens with two attached hydrogens (primary N) is 1. The van der Waals surface area contributed by atoms with E-state index >= 15 is 0 Å². The summed E-state index contributed by atoms with van der Waals surface area (Å²) in [5.41, 5.74) is 3.62. The monoisotopic (exact) mass is 256 g/mol. The van der Waals surface area contributed by atoms with Crippen molar-refractivity contribution >= 4 is 12.0 Å². The van der Waals surface area contributed by atoms with Crippen molar-refractivity contribution in [3.05, 3.63) is 12.7 Å². The molecule has 0 saturated carbocycles. The van der Waals surface area contributed by atoms with Crippen LogP contribution in [0.1, 0.15) is 41.0 Å². The summed E-state index contributed by atoms with van der Waals surface area (Å²) in [7, 11) is 0. The van der Waals surface area contributed by atoms with Gasteiger partial charge in [0.15, 0.2) is 0 Å². The molecule has 0 unspecified atom stereocenters. The summed E-state index contributed by atoms with van der Waals surface area (Å²) in [6.07, 6.45) is 1.17. The maximum Gasteiger partial charge on any atom is 0.408 e. The number of hydrogen-bond acceptors (Lipinski definition) is 3. The molecule has 0 aromatic heterocycles. The highest BCUT2D eigenvalue weighted by Crippen LogP contribution is 2.22. The van der Waals surface area contributed by atoms with Gasteiger partial charge in [0.1, 0.15) is 11.1 Å². The number of alkyl carbamates (subject to hydrolysis) is 1. The highest BCUT2D eigenvalue weighted by Gasteiger charge is 2.41. The van der Waals surface area contributed by atoms with E-state index in [2.05, 4.69) is 11.9 Å². The molecule has 5 heteroatoms. The predicted octanol–water partition coefficient (Wildman–Crippen LogP) is 1.97. The van der Waals surface area contributed by atoms with E-state index in [0.717, 1.165) is 0 Å². The van der Waals surface area contributed by atoms with Gasteiger partial charge < -0.3 is 15.8 Å². The van der Waals surface area contributed by atoms with Crippen LogP contribution >= 0.6 is 0 Å². The zero-order chi connectivity index (χ0) is 14.6. The summed E-state index contributed by atoms with van der Waals surface area (Å²) in [6.45, 7) is 12.5. The van der Waals surface area contributed by atoms with Crippen LogP contribution in [0.4, 0.5) is 4.79 Å². The second kappa shape index (κ2) is 5.89. The average Bonchev–Trinajstić information content (AvgIpc) is 2.12. The Bertz CT molecular complexity index is 332. The number of ether oxygens (including phenoxy) is 1. The highest BCUT2D eigenvalue weighted by atomic mass is 16.6. The molecular formula is C13H24N2O3. The van der Waals surface area contributed by atoms with Gasteiger partial charge in [-0.15, -0.1) is 6.58 Å². The number of carbonyl (C=O) groups is 2. The lowest BCUT2D eigenvalue weighted by atomic mass is 9.82. The number of nitrogens with one attached hydrogen (secondary N) is 1. The normalized spacial score (nSPS) is 14.8. The molecule has 0 aliphatic heterocycles. The van der Waals surface area contributed by atoms with E-state index in [9.17, 15) is 9.59 Å². The van der Waals surface area contributed by atoms with Gasteiger partial charge in [0.25, 0.3) is 0 Å². The van der Waals surface area contributed by atoms with E-state index in [1.165, 1.54) is 0 Å². The molecule has 0 radical (unpaired) electrons. The van der Waals surface area contributed by atoms with E-state index in [1.54, 1.807) is 26.8 Å². The maximum absolute atomic E-state index is 11.8. The number of rotatable bonds is 5. The fraction of sp³-hybridized carbons (Fsp3) is 0.692. The summed E-state index contributed by atoms with van der Waals surface area (Å²) in [5.74, 6) is -0.760. The molecule has 0 heterocycles. The maximum atomic E-state index is 11.8. The Kier molecular flexibility index (Phi) is 5.39. The van der Waals surface area contributed by atoms with Gasteiger partial charge in [0, 0.05) is 0 Å². The van der Waals surface area contributed by atoms with Crippen molar-refractivity contribution in [3.63, 3.8) is 0 Å². The van der Waals surface area contributed by atoms with Gasteiger partial charge >= 0.3 is 6.09 Å². The molecule has 0 saturated heterocycles. The Labute approximate surface area is 109 Å². The lowest BCUT2D eigenvalue weighted by Gasteiger charge is -2.35. The second-order valence-corrected chi connectivity index (χ2v) is 5.61. The van der Waals surface area contributed by atoms with Crippen molar-refractivity contribution in [2.45, 2.75) is 52.2 Å². The van der Waals surface area contributed by atoms with Crippen LogP contribution in [0.2, 0.25) is 0 Å². The van der Waals surface area contributed by atoms with Crippen molar-refractivity contribution < 1.29 is 14.3 Å². The van der Waals surface area contributed by atoms with E-state index in [-0.39, 0.29) is 12.3 Å². The molecule has 0 aliphatic rings. The van der Waals surface area contributed by atoms with Gasteiger partial charge in [-0.1, -0.05) is 19.9 Å². The first-order valence-corrected chi connectivity index (χ1v) is 5.97. The topological polar surface area (TPSA) is 81.4 Å². The molecular weight excluding hydrogens is 232 g/mol. The minimum absolute atomic E-state index is 0.166. The fourth-order valence-corrected chi connectivity index (χ4v) is 1.59. The molecule has 0 bridgehead atoms. The summed E-state index contributed by atoms with van der Waals surface area (Å²) in [4.78, 5) is 23.4. The molecule has 0 aromatic carbocycles. The van der Waals surface area contributed by atoms with Crippen LogP contribution in [0.3, 0.4) is 0 Å². The zero-order valence-corrected chi connectivity index (χ0v) is 11.9. The Morgan fingerprint density at radius 2 is 1.89 bits per heavy atom. The van der Waals surface area contributed by atoms with E-state index in [1.807, 2.05) is 13.8 Å². The van der Waals surface area contributed by atoms with Crippen LogP contribution in [-0.4, -0.2) is 23.1 Å². The van der Waals surface area contributed by atoms with Gasteiger partial charge in [-0.25, -0.2) is 4.79 Å². The largest absolute Gasteiger partial charge is 0.444 e. The quantitative estimate of drug-likeness (QED) is 0.738. The smallest absolute Gasteiger partial charge is 0.408 e. The molecule has 0 aliphatic carbocycles. The van der Waals surface area contributed by atoms with Crippen molar-refractivity contribution in [2.24, 2.45) is 11.7 Å². The highest BCUT2D eigenvalue weighted by molar-refractivity contribution is 5.89. The first kappa shape index (κ1) is 16.5. The third-order valence-corrected chi connectivity index (χ3v) is 2.62. The van der Waals surface area contributed by atoms with Crippen LogP contribution in [0.15, 0.2) is 12.7 Å². The number of hydrogen-bond donors (Lipinski definition) is 2. The molecule has 0 spiro atoms. The molecule has 2 amide bonds. The van der Waals surface area contributed by atoms with Crippen molar-refractivity contribution in [2.75, 3.05) is 0 Å². The molecule has 104 valence electrons. The average molecular weight is 256 g/mol. The van der Waals surface area contributed by atoms with Crippen LogP contribution in [0.25, 0.3) is 0 Å². The van der Waals surface area contributed by atoms with Crippen LogP contribution < -0.4 is 11.1 Å². The summed E-state index contributed by atoms with van der Waals surface area (Å²) < 4.78 is 5.15. The number of amides is 2. The predicted molar refractivity (Wildman–Crippen MR) is 70.9 cm³/mol. The van der Waals surface area contributed by atoms with Crippen molar-refractivity contribution in [1.29, 1.82) is 0 Å². The first-order chi connectivity index (χ1) is 8.05. The summed E-state index contributed by atoms with van der Waals surface area (Å²) >= 11 is 0. The zero-order valence-electron chi connectivity index (χ0n) is 11.9. The Morgan fingerprint density at radius 3 is 2.17 bits per heavy atom. The number of primary amides is 1. The number of carbonyl (C=O) groups excluding carboxylic acids is 2. The molecule has 0 aromatic rings. The Morgan fingerprint density at radius 1 is 1.39 bits per heavy atom. The molecule has 3 N–H and O–H groups in total. The lowest BCUT2D eigenvalue weighted by Crippen LogP contribution is -2.61. The first-order valence-electron chi connectivity index (χ1n) is 5.97. The van der Waals surface area contributed by atoms with Crippen LogP contribution in [0, 0.1) is 5.92 Å². The summed E-state index contributed by atoms with van der Waals surface area (Å²) in [5, 5.41) is 2.58. The minimum Gasteiger partial charge on any atom is -0.444 e. The van der Waals surface area contributed by atoms with Crippen LogP contribution in [0.5, 0.6) is 0 Å². The Balaban J connectivity index is 5.06. The van der Waals surface area contributed by atoms with E-state index < -0.39 is 23.1 Å². The van der Waals surface area contributed by atoms with E-state index in [4.69, 9.17) is 10.5 Å². The lowest BCUT2D eigenvalue weighted by molar-refractivity contribution is -0.126. The van der Waals surface area contributed by atoms with Gasteiger partial charge in [-0.2, -0.15) is 0 Å². The van der Waals surface area contributed by atoms with Gasteiger partial charge in [0.05, 0.1) is 0 Å². The standard InChI is InChI=1S/C13H24N2O3/c1-7-8-13(9(2)3,10(14)16)15-11(17)18-12(4,5)6/h7,9H,1,8H2,2-6H3,(H2,14,16)(H,15,17)/t13-/m1/s1. The molecule has 18 heavy (non-hydrogen) atoms. The molecule has 0 rings (SSSR count).